The topological polar surface area (TPSA) is 26.3 Å². The first-order valence-electron chi connectivity index (χ1n) is 7.71. The van der Waals surface area contributed by atoms with Gasteiger partial charge in [0.25, 0.3) is 0 Å². The van der Waals surface area contributed by atoms with Gasteiger partial charge in [-0.05, 0) is 37.1 Å². The van der Waals surface area contributed by atoms with E-state index in [1.807, 2.05) is 61.5 Å². The van der Waals surface area contributed by atoms with Crippen molar-refractivity contribution in [2.24, 2.45) is 0 Å². The molecule has 0 N–H and O–H groups in total. The zero-order chi connectivity index (χ0) is 15.8. The molecule has 0 aliphatic carbocycles. The van der Waals surface area contributed by atoms with Crippen molar-refractivity contribution in [1.29, 1.82) is 0 Å². The van der Waals surface area contributed by atoms with Crippen LogP contribution in [0, 0.1) is 6.92 Å². The van der Waals surface area contributed by atoms with Crippen molar-refractivity contribution in [2.45, 2.75) is 26.7 Å². The van der Waals surface area contributed by atoms with Gasteiger partial charge in [-0.3, -0.25) is 4.79 Å². The summed E-state index contributed by atoms with van der Waals surface area (Å²) in [5.41, 5.74) is 2.85. The molecule has 2 aromatic carbocycles. The second kappa shape index (κ2) is 8.18. The lowest BCUT2D eigenvalue weighted by Gasteiger charge is -2.05. The highest BCUT2D eigenvalue weighted by Gasteiger charge is 2.00. The first-order valence-corrected chi connectivity index (χ1v) is 7.71. The standard InChI is InChI=1S/C20H22O2/c1-3-4-15-22-19-12-7-17(8-13-19)9-14-20(21)18-10-5-16(2)6-11-18/h5-14H,3-4,15H2,1-2H3/b14-9+. The predicted octanol–water partition coefficient (Wildman–Crippen LogP) is 5.07. The quantitative estimate of drug-likeness (QED) is 0.405. The molecule has 0 unspecified atom stereocenters. The van der Waals surface area contributed by atoms with E-state index in [1.165, 1.54) is 0 Å². The Labute approximate surface area is 132 Å². The highest BCUT2D eigenvalue weighted by atomic mass is 16.5. The van der Waals surface area contributed by atoms with Gasteiger partial charge in [0.15, 0.2) is 5.78 Å². The maximum atomic E-state index is 12.1. The van der Waals surface area contributed by atoms with E-state index >= 15 is 0 Å². The SMILES string of the molecule is CCCCOc1ccc(/C=C/C(=O)c2ccc(C)cc2)cc1. The zero-order valence-corrected chi connectivity index (χ0v) is 13.2. The molecule has 0 aliphatic heterocycles. The maximum Gasteiger partial charge on any atom is 0.185 e. The number of hydrogen-bond acceptors (Lipinski definition) is 2. The van der Waals surface area contributed by atoms with Crippen molar-refractivity contribution in [2.75, 3.05) is 6.61 Å². The van der Waals surface area contributed by atoms with Crippen LogP contribution in [0.5, 0.6) is 5.75 Å². The number of benzene rings is 2. The molecule has 0 fully saturated rings. The van der Waals surface area contributed by atoms with E-state index in [1.54, 1.807) is 6.08 Å². The van der Waals surface area contributed by atoms with Crippen LogP contribution in [0.15, 0.2) is 54.6 Å². The van der Waals surface area contributed by atoms with E-state index < -0.39 is 0 Å². The minimum absolute atomic E-state index is 0.0169. The van der Waals surface area contributed by atoms with Crippen molar-refractivity contribution in [3.63, 3.8) is 0 Å². The molecule has 2 aromatic rings. The van der Waals surface area contributed by atoms with Gasteiger partial charge in [0.1, 0.15) is 5.75 Å². The molecule has 0 aliphatic rings. The van der Waals surface area contributed by atoms with Gasteiger partial charge in [-0.1, -0.05) is 61.4 Å². The normalized spacial score (nSPS) is 10.8. The van der Waals surface area contributed by atoms with Gasteiger partial charge < -0.3 is 4.74 Å². The third-order valence-corrected chi connectivity index (χ3v) is 3.41. The van der Waals surface area contributed by atoms with E-state index in [0.717, 1.165) is 36.3 Å². The second-order valence-electron chi connectivity index (χ2n) is 5.33. The molecule has 114 valence electrons. The molecular weight excluding hydrogens is 272 g/mol. The fraction of sp³-hybridized carbons (Fsp3) is 0.250. The number of rotatable bonds is 7. The molecule has 0 amide bonds. The fourth-order valence-corrected chi connectivity index (χ4v) is 2.00. The molecule has 0 spiro atoms. The van der Waals surface area contributed by atoms with Crippen LogP contribution < -0.4 is 4.74 Å². The molecule has 0 atom stereocenters. The first-order chi connectivity index (χ1) is 10.7. The Bertz CT molecular complexity index is 622. The lowest BCUT2D eigenvalue weighted by molar-refractivity contribution is 0.104. The zero-order valence-electron chi connectivity index (χ0n) is 13.2. The molecule has 0 saturated carbocycles. The Morgan fingerprint density at radius 3 is 2.36 bits per heavy atom. The van der Waals surface area contributed by atoms with Gasteiger partial charge in [-0.25, -0.2) is 0 Å². The van der Waals surface area contributed by atoms with Crippen LogP contribution >= 0.6 is 0 Å². The lowest BCUT2D eigenvalue weighted by Crippen LogP contribution is -1.96. The third-order valence-electron chi connectivity index (χ3n) is 3.41. The molecule has 22 heavy (non-hydrogen) atoms. The summed E-state index contributed by atoms with van der Waals surface area (Å²) < 4.78 is 5.62. The minimum Gasteiger partial charge on any atom is -0.494 e. The van der Waals surface area contributed by atoms with Gasteiger partial charge in [0, 0.05) is 5.56 Å². The Kier molecular flexibility index (Phi) is 5.96. The molecule has 2 rings (SSSR count). The van der Waals surface area contributed by atoms with Crippen molar-refractivity contribution in [3.05, 3.63) is 71.3 Å². The van der Waals surface area contributed by atoms with E-state index in [4.69, 9.17) is 4.74 Å². The van der Waals surface area contributed by atoms with Gasteiger partial charge in [0.2, 0.25) is 0 Å². The average molecular weight is 294 g/mol. The number of ether oxygens (including phenoxy) is 1. The summed E-state index contributed by atoms with van der Waals surface area (Å²) in [6.45, 7) is 4.90. The summed E-state index contributed by atoms with van der Waals surface area (Å²) in [6.07, 6.45) is 5.63. The largest absolute Gasteiger partial charge is 0.494 e. The van der Waals surface area contributed by atoms with Crippen LogP contribution in [-0.2, 0) is 0 Å². The molecule has 2 nitrogen and oxygen atoms in total. The molecule has 0 bridgehead atoms. The van der Waals surface area contributed by atoms with Crippen LogP contribution in [0.4, 0.5) is 0 Å². The van der Waals surface area contributed by atoms with Crippen molar-refractivity contribution >= 4 is 11.9 Å². The van der Waals surface area contributed by atoms with Crippen LogP contribution in [0.1, 0.15) is 41.3 Å². The Morgan fingerprint density at radius 2 is 1.73 bits per heavy atom. The van der Waals surface area contributed by atoms with Gasteiger partial charge in [0.05, 0.1) is 6.61 Å². The second-order valence-corrected chi connectivity index (χ2v) is 5.33. The molecular formula is C20H22O2. The Hall–Kier alpha value is -2.35. The molecule has 0 radical (unpaired) electrons. The van der Waals surface area contributed by atoms with Crippen molar-refractivity contribution < 1.29 is 9.53 Å². The number of hydrogen-bond donors (Lipinski definition) is 0. The van der Waals surface area contributed by atoms with Crippen LogP contribution in [0.25, 0.3) is 6.08 Å². The van der Waals surface area contributed by atoms with Gasteiger partial charge >= 0.3 is 0 Å². The number of unbranched alkanes of at least 4 members (excludes halogenated alkanes) is 1. The fourth-order valence-electron chi connectivity index (χ4n) is 2.00. The average Bonchev–Trinajstić information content (AvgIpc) is 2.55. The number of carbonyl (C=O) groups excluding carboxylic acids is 1. The predicted molar refractivity (Wildman–Crippen MR) is 91.4 cm³/mol. The molecule has 0 aromatic heterocycles. The molecule has 0 heterocycles. The smallest absolute Gasteiger partial charge is 0.185 e. The van der Waals surface area contributed by atoms with Crippen molar-refractivity contribution in [1.82, 2.24) is 0 Å². The number of aryl methyl sites for hydroxylation is 1. The summed E-state index contributed by atoms with van der Waals surface area (Å²) in [6, 6.07) is 15.4. The van der Waals surface area contributed by atoms with Gasteiger partial charge in [-0.15, -0.1) is 0 Å². The van der Waals surface area contributed by atoms with Gasteiger partial charge in [-0.2, -0.15) is 0 Å². The molecule has 2 heteroatoms. The van der Waals surface area contributed by atoms with E-state index in [0.29, 0.717) is 5.56 Å². The van der Waals surface area contributed by atoms with E-state index in [-0.39, 0.29) is 5.78 Å². The number of allylic oxidation sites excluding steroid dienone is 1. The number of ketones is 1. The van der Waals surface area contributed by atoms with Crippen LogP contribution in [0.2, 0.25) is 0 Å². The van der Waals surface area contributed by atoms with Crippen LogP contribution in [0.3, 0.4) is 0 Å². The third kappa shape index (κ3) is 4.88. The maximum absolute atomic E-state index is 12.1. The summed E-state index contributed by atoms with van der Waals surface area (Å²) >= 11 is 0. The van der Waals surface area contributed by atoms with E-state index in [9.17, 15) is 4.79 Å². The summed E-state index contributed by atoms with van der Waals surface area (Å²) in [5.74, 6) is 0.888. The summed E-state index contributed by atoms with van der Waals surface area (Å²) in [4.78, 5) is 12.1. The van der Waals surface area contributed by atoms with E-state index in [2.05, 4.69) is 6.92 Å². The Balaban J connectivity index is 1.95. The van der Waals surface area contributed by atoms with Crippen molar-refractivity contribution in [3.8, 4) is 5.75 Å². The summed E-state index contributed by atoms with van der Waals surface area (Å²) in [7, 11) is 0. The highest BCUT2D eigenvalue weighted by molar-refractivity contribution is 6.06. The number of carbonyl (C=O) groups is 1. The monoisotopic (exact) mass is 294 g/mol. The summed E-state index contributed by atoms with van der Waals surface area (Å²) in [5, 5.41) is 0. The first kappa shape index (κ1) is 16.0. The lowest BCUT2D eigenvalue weighted by atomic mass is 10.1. The Morgan fingerprint density at radius 1 is 1.05 bits per heavy atom. The van der Waals surface area contributed by atoms with Crippen LogP contribution in [-0.4, -0.2) is 12.4 Å². The highest BCUT2D eigenvalue weighted by Crippen LogP contribution is 2.14. The molecule has 0 saturated heterocycles. The minimum atomic E-state index is 0.0169.